The van der Waals surface area contributed by atoms with Crippen LogP contribution in [0.2, 0.25) is 5.02 Å². The number of carbonyl (C=O) groups is 1. The van der Waals surface area contributed by atoms with E-state index >= 15 is 0 Å². The van der Waals surface area contributed by atoms with Crippen LogP contribution >= 0.6 is 22.9 Å². The second kappa shape index (κ2) is 6.25. The van der Waals surface area contributed by atoms with Gasteiger partial charge in [0.1, 0.15) is 17.4 Å². The number of fused-ring (bicyclic) bond motifs is 2. The van der Waals surface area contributed by atoms with E-state index in [1.165, 1.54) is 34.4 Å². The highest BCUT2D eigenvalue weighted by atomic mass is 35.5. The van der Waals surface area contributed by atoms with E-state index in [0.717, 1.165) is 0 Å². The zero-order valence-corrected chi connectivity index (χ0v) is 15.6. The van der Waals surface area contributed by atoms with Crippen LogP contribution in [0.5, 0.6) is 0 Å². The molecule has 2 aromatic heterocycles. The number of aromatic nitrogens is 1. The highest BCUT2D eigenvalue weighted by Gasteiger charge is 2.45. The van der Waals surface area contributed by atoms with Crippen LogP contribution in [0.25, 0.3) is 11.0 Å². The minimum Gasteiger partial charge on any atom is -0.450 e. The molecule has 0 aliphatic carbocycles. The second-order valence-corrected chi connectivity index (χ2v) is 7.54. The number of hydrogen-bond donors (Lipinski definition) is 0. The lowest BCUT2D eigenvalue weighted by Gasteiger charge is -2.22. The molecule has 1 amide bonds. The Labute approximate surface area is 166 Å². The minimum absolute atomic E-state index is 0.0834. The monoisotopic (exact) mass is 412 g/mol. The highest BCUT2D eigenvalue weighted by Crippen LogP contribution is 2.42. The third-order valence-electron chi connectivity index (χ3n) is 4.66. The van der Waals surface area contributed by atoms with Crippen molar-refractivity contribution >= 4 is 44.9 Å². The molecule has 0 spiro atoms. The van der Waals surface area contributed by atoms with Gasteiger partial charge in [-0.05, 0) is 24.3 Å². The molecular formula is C20H10ClFN2O3S. The van der Waals surface area contributed by atoms with Crippen LogP contribution in [-0.4, -0.2) is 10.9 Å². The fourth-order valence-electron chi connectivity index (χ4n) is 3.47. The van der Waals surface area contributed by atoms with Crippen molar-refractivity contribution in [3.05, 3.63) is 92.0 Å². The first-order valence-electron chi connectivity index (χ1n) is 8.30. The lowest BCUT2D eigenvalue weighted by Crippen LogP contribution is -2.29. The topological polar surface area (TPSA) is 63.4 Å². The first-order chi connectivity index (χ1) is 13.6. The average Bonchev–Trinajstić information content (AvgIpc) is 3.30. The predicted octanol–water partition coefficient (Wildman–Crippen LogP) is 4.79. The van der Waals surface area contributed by atoms with Gasteiger partial charge in [-0.25, -0.2) is 9.37 Å². The maximum atomic E-state index is 14.7. The summed E-state index contributed by atoms with van der Waals surface area (Å²) in [7, 11) is 0. The fourth-order valence-corrected chi connectivity index (χ4v) is 4.31. The van der Waals surface area contributed by atoms with Crippen molar-refractivity contribution < 1.29 is 13.6 Å². The predicted molar refractivity (Wildman–Crippen MR) is 105 cm³/mol. The standard InChI is InChI=1S/C20H10ClFN2O3S/c21-10-5-6-14-12(9-10)17(25)15-16(11-3-1-2-4-13(11)22)24(19(26)18(15)27-14)20-23-7-8-28-20/h1-9,16H/t16-/m0/s1. The molecule has 8 heteroatoms. The summed E-state index contributed by atoms with van der Waals surface area (Å²) in [5, 5.41) is 2.66. The van der Waals surface area contributed by atoms with Crippen LogP contribution in [0.1, 0.15) is 27.7 Å². The van der Waals surface area contributed by atoms with E-state index in [-0.39, 0.29) is 27.9 Å². The van der Waals surface area contributed by atoms with E-state index in [9.17, 15) is 14.0 Å². The molecule has 4 aromatic rings. The molecule has 0 saturated carbocycles. The normalized spacial score (nSPS) is 16.0. The third-order valence-corrected chi connectivity index (χ3v) is 5.66. The number of thiazole rings is 1. The van der Waals surface area contributed by atoms with E-state index in [2.05, 4.69) is 4.98 Å². The summed E-state index contributed by atoms with van der Waals surface area (Å²) in [5.41, 5.74) is 0.104. The van der Waals surface area contributed by atoms with Crippen molar-refractivity contribution in [1.29, 1.82) is 0 Å². The molecule has 1 aliphatic heterocycles. The first kappa shape index (κ1) is 17.1. The van der Waals surface area contributed by atoms with Crippen LogP contribution in [0, 0.1) is 5.82 Å². The van der Waals surface area contributed by atoms with Gasteiger partial charge in [0.15, 0.2) is 10.6 Å². The molecule has 28 heavy (non-hydrogen) atoms. The maximum Gasteiger partial charge on any atom is 0.297 e. The SMILES string of the molecule is O=C1c2oc3ccc(Cl)cc3c(=O)c2[C@H](c2ccccc2F)N1c1nccs1. The van der Waals surface area contributed by atoms with Gasteiger partial charge in [0.05, 0.1) is 10.9 Å². The Morgan fingerprint density at radius 3 is 2.75 bits per heavy atom. The van der Waals surface area contributed by atoms with Crippen LogP contribution < -0.4 is 10.3 Å². The molecule has 5 nitrogen and oxygen atoms in total. The number of benzene rings is 2. The van der Waals surface area contributed by atoms with E-state index in [0.29, 0.717) is 10.2 Å². The van der Waals surface area contributed by atoms with Crippen molar-refractivity contribution in [3.8, 4) is 0 Å². The number of carbonyl (C=O) groups excluding carboxylic acids is 1. The number of amides is 1. The Morgan fingerprint density at radius 2 is 2.00 bits per heavy atom. The summed E-state index contributed by atoms with van der Waals surface area (Å²) in [6.07, 6.45) is 1.54. The van der Waals surface area contributed by atoms with Crippen molar-refractivity contribution in [2.75, 3.05) is 4.90 Å². The molecule has 3 heterocycles. The number of halogens is 2. The van der Waals surface area contributed by atoms with Gasteiger partial charge >= 0.3 is 0 Å². The summed E-state index contributed by atoms with van der Waals surface area (Å²) in [4.78, 5) is 31.9. The minimum atomic E-state index is -0.977. The zero-order valence-electron chi connectivity index (χ0n) is 14.1. The van der Waals surface area contributed by atoms with Gasteiger partial charge < -0.3 is 4.42 Å². The Kier molecular flexibility index (Phi) is 3.82. The zero-order chi connectivity index (χ0) is 19.4. The Bertz CT molecular complexity index is 1300. The number of anilines is 1. The second-order valence-electron chi connectivity index (χ2n) is 6.23. The Hall–Kier alpha value is -3.03. The molecule has 1 atom stereocenters. The summed E-state index contributed by atoms with van der Waals surface area (Å²) >= 11 is 7.25. The van der Waals surface area contributed by atoms with Crippen LogP contribution in [0.15, 0.2) is 63.3 Å². The summed E-state index contributed by atoms with van der Waals surface area (Å²) in [6, 6.07) is 9.66. The summed E-state index contributed by atoms with van der Waals surface area (Å²) in [6.45, 7) is 0. The molecule has 138 valence electrons. The van der Waals surface area contributed by atoms with Crippen molar-refractivity contribution in [1.82, 2.24) is 4.98 Å². The number of nitrogens with zero attached hydrogens (tertiary/aromatic N) is 2. The average molecular weight is 413 g/mol. The molecule has 0 bridgehead atoms. The van der Waals surface area contributed by atoms with Gasteiger partial charge in [-0.2, -0.15) is 0 Å². The van der Waals surface area contributed by atoms with Crippen LogP contribution in [-0.2, 0) is 0 Å². The molecule has 5 rings (SSSR count). The van der Waals surface area contributed by atoms with Crippen LogP contribution in [0.3, 0.4) is 0 Å². The van der Waals surface area contributed by atoms with Gasteiger partial charge in [-0.15, -0.1) is 11.3 Å². The van der Waals surface area contributed by atoms with Gasteiger partial charge in [-0.1, -0.05) is 29.8 Å². The molecular weight excluding hydrogens is 403 g/mol. The van der Waals surface area contributed by atoms with Gasteiger partial charge in [0.25, 0.3) is 5.91 Å². The van der Waals surface area contributed by atoms with Gasteiger partial charge in [0.2, 0.25) is 5.76 Å². The third kappa shape index (κ3) is 2.40. The molecule has 0 saturated heterocycles. The van der Waals surface area contributed by atoms with Crippen LogP contribution in [0.4, 0.5) is 9.52 Å². The highest BCUT2D eigenvalue weighted by molar-refractivity contribution is 7.13. The Morgan fingerprint density at radius 1 is 1.18 bits per heavy atom. The molecule has 0 N–H and O–H groups in total. The summed E-state index contributed by atoms with van der Waals surface area (Å²) in [5.74, 6) is -1.17. The molecule has 2 aromatic carbocycles. The van der Waals surface area contributed by atoms with E-state index in [4.69, 9.17) is 16.0 Å². The smallest absolute Gasteiger partial charge is 0.297 e. The fraction of sp³-hybridized carbons (Fsp3) is 0.0500. The van der Waals surface area contributed by atoms with Crippen molar-refractivity contribution in [3.63, 3.8) is 0 Å². The molecule has 0 radical (unpaired) electrons. The quantitative estimate of drug-likeness (QED) is 0.474. The maximum absolute atomic E-state index is 14.7. The lowest BCUT2D eigenvalue weighted by atomic mass is 9.98. The van der Waals surface area contributed by atoms with E-state index in [1.54, 1.807) is 35.8 Å². The summed E-state index contributed by atoms with van der Waals surface area (Å²) < 4.78 is 20.5. The van der Waals surface area contributed by atoms with E-state index < -0.39 is 23.2 Å². The van der Waals surface area contributed by atoms with E-state index in [1.807, 2.05) is 0 Å². The van der Waals surface area contributed by atoms with Gasteiger partial charge in [-0.3, -0.25) is 14.5 Å². The Balaban J connectivity index is 1.87. The van der Waals surface area contributed by atoms with Gasteiger partial charge in [0, 0.05) is 22.2 Å². The molecule has 0 fully saturated rings. The number of rotatable bonds is 2. The molecule has 0 unspecified atom stereocenters. The first-order valence-corrected chi connectivity index (χ1v) is 9.56. The van der Waals surface area contributed by atoms with Crippen molar-refractivity contribution in [2.45, 2.75) is 6.04 Å². The van der Waals surface area contributed by atoms with Crippen molar-refractivity contribution in [2.24, 2.45) is 0 Å². The number of hydrogen-bond acceptors (Lipinski definition) is 5. The largest absolute Gasteiger partial charge is 0.450 e. The lowest BCUT2D eigenvalue weighted by molar-refractivity contribution is 0.0970. The molecule has 1 aliphatic rings.